The quantitative estimate of drug-likeness (QED) is 0.251. The van der Waals surface area contributed by atoms with E-state index in [1.165, 1.54) is 25.4 Å². The van der Waals surface area contributed by atoms with Gasteiger partial charge in [0.25, 0.3) is 5.69 Å². The average Bonchev–Trinajstić information content (AvgIpc) is 3.37. The van der Waals surface area contributed by atoms with Crippen molar-refractivity contribution in [1.82, 2.24) is 15.3 Å². The summed E-state index contributed by atoms with van der Waals surface area (Å²) in [6.45, 7) is 1.56. The van der Waals surface area contributed by atoms with Crippen LogP contribution in [0.2, 0.25) is 0 Å². The Kier molecular flexibility index (Phi) is 7.49. The number of ether oxygens (including phenoxy) is 3. The second-order valence-corrected chi connectivity index (χ2v) is 6.57. The SMILES string of the molecule is CCC1=C(C(=O)OCCC#N)C(c2cnno2)N(C(=O)Oc2ccc([N+](=O)[O-])cc2)C(OC)=N1. The van der Waals surface area contributed by atoms with Crippen molar-refractivity contribution >= 4 is 23.8 Å². The maximum absolute atomic E-state index is 13.2. The first-order chi connectivity index (χ1) is 16.4. The van der Waals surface area contributed by atoms with E-state index in [9.17, 15) is 19.7 Å². The van der Waals surface area contributed by atoms with Gasteiger partial charge in [0.1, 0.15) is 18.4 Å². The largest absolute Gasteiger partial charge is 0.468 e. The van der Waals surface area contributed by atoms with Gasteiger partial charge >= 0.3 is 18.1 Å². The Morgan fingerprint density at radius 2 is 2.06 bits per heavy atom. The fourth-order valence-electron chi connectivity index (χ4n) is 3.07. The zero-order valence-electron chi connectivity index (χ0n) is 18.0. The molecule has 1 aliphatic rings. The molecule has 3 rings (SSSR count). The van der Waals surface area contributed by atoms with Crippen molar-refractivity contribution in [3.8, 4) is 11.8 Å². The third kappa shape index (κ3) is 4.99. The number of benzene rings is 1. The highest BCUT2D eigenvalue weighted by molar-refractivity contribution is 5.99. The van der Waals surface area contributed by atoms with Crippen LogP contribution in [0.3, 0.4) is 0 Å². The molecule has 2 heterocycles. The van der Waals surface area contributed by atoms with Gasteiger partial charge < -0.3 is 18.7 Å². The molecule has 0 spiro atoms. The minimum atomic E-state index is -1.27. The van der Waals surface area contributed by atoms with E-state index in [2.05, 4.69) is 15.4 Å². The summed E-state index contributed by atoms with van der Waals surface area (Å²) < 4.78 is 20.9. The first kappa shape index (κ1) is 23.9. The van der Waals surface area contributed by atoms with E-state index in [-0.39, 0.29) is 53.9 Å². The summed E-state index contributed by atoms with van der Waals surface area (Å²) in [4.78, 5) is 41.6. The van der Waals surface area contributed by atoms with Crippen molar-refractivity contribution in [2.24, 2.45) is 4.99 Å². The number of nitriles is 1. The molecular formula is C20H18N6O8. The topological polar surface area (TPSA) is 183 Å². The molecule has 176 valence electrons. The van der Waals surface area contributed by atoms with Gasteiger partial charge in [-0.1, -0.05) is 6.92 Å². The lowest BCUT2D eigenvalue weighted by Crippen LogP contribution is -2.46. The molecule has 0 saturated carbocycles. The van der Waals surface area contributed by atoms with Crippen LogP contribution in [0.5, 0.6) is 5.75 Å². The van der Waals surface area contributed by atoms with Crippen LogP contribution in [0, 0.1) is 21.4 Å². The molecule has 34 heavy (non-hydrogen) atoms. The second kappa shape index (κ2) is 10.7. The predicted octanol–water partition coefficient (Wildman–Crippen LogP) is 2.66. The molecule has 1 aromatic carbocycles. The number of amides is 1. The normalized spacial score (nSPS) is 15.3. The number of amidine groups is 1. The number of rotatable bonds is 7. The number of carbonyl (C=O) groups excluding carboxylic acids is 2. The van der Waals surface area contributed by atoms with Crippen molar-refractivity contribution in [3.63, 3.8) is 0 Å². The molecular weight excluding hydrogens is 452 g/mol. The maximum Gasteiger partial charge on any atom is 0.424 e. The van der Waals surface area contributed by atoms with Gasteiger partial charge in [-0.3, -0.25) is 10.1 Å². The number of esters is 1. The van der Waals surface area contributed by atoms with E-state index in [0.29, 0.717) is 0 Å². The smallest absolute Gasteiger partial charge is 0.424 e. The molecule has 14 heteroatoms. The van der Waals surface area contributed by atoms with Crippen LogP contribution in [0.15, 0.2) is 51.2 Å². The first-order valence-electron chi connectivity index (χ1n) is 9.83. The molecule has 0 saturated heterocycles. The van der Waals surface area contributed by atoms with Crippen molar-refractivity contribution < 1.29 is 33.2 Å². The van der Waals surface area contributed by atoms with Crippen molar-refractivity contribution in [3.05, 3.63) is 57.6 Å². The van der Waals surface area contributed by atoms with Crippen LogP contribution in [0.25, 0.3) is 0 Å². The minimum Gasteiger partial charge on any atom is -0.468 e. The summed E-state index contributed by atoms with van der Waals surface area (Å²) >= 11 is 0. The van der Waals surface area contributed by atoms with Crippen LogP contribution < -0.4 is 4.74 Å². The Hall–Kier alpha value is -4.80. The molecule has 1 atom stereocenters. The zero-order chi connectivity index (χ0) is 24.7. The van der Waals surface area contributed by atoms with E-state index in [0.717, 1.165) is 17.0 Å². The Labute approximate surface area is 192 Å². The van der Waals surface area contributed by atoms with Crippen LogP contribution >= 0.6 is 0 Å². The molecule has 1 aliphatic heterocycles. The highest BCUT2D eigenvalue weighted by Gasteiger charge is 2.44. The summed E-state index contributed by atoms with van der Waals surface area (Å²) in [5, 5.41) is 26.6. The molecule has 0 N–H and O–H groups in total. The number of carbonyl (C=O) groups is 2. The van der Waals surface area contributed by atoms with Gasteiger partial charge in [0.05, 0.1) is 42.0 Å². The fraction of sp³-hybridized carbons (Fsp3) is 0.300. The minimum absolute atomic E-state index is 0.0103. The molecule has 0 radical (unpaired) electrons. The van der Waals surface area contributed by atoms with E-state index in [1.807, 2.05) is 6.07 Å². The Balaban J connectivity index is 2.02. The van der Waals surface area contributed by atoms with Crippen LogP contribution in [-0.2, 0) is 14.3 Å². The number of non-ortho nitro benzene ring substituents is 1. The number of hydrogen-bond acceptors (Lipinski definition) is 12. The Morgan fingerprint density at radius 1 is 1.32 bits per heavy atom. The lowest BCUT2D eigenvalue weighted by atomic mass is 9.98. The lowest BCUT2D eigenvalue weighted by Gasteiger charge is -2.33. The number of allylic oxidation sites excluding steroid dienone is 1. The monoisotopic (exact) mass is 470 g/mol. The van der Waals surface area contributed by atoms with Crippen molar-refractivity contribution in [1.29, 1.82) is 5.26 Å². The number of nitrogens with zero attached hydrogens (tertiary/aromatic N) is 6. The van der Waals surface area contributed by atoms with Crippen molar-refractivity contribution in [2.45, 2.75) is 25.8 Å². The van der Waals surface area contributed by atoms with Gasteiger partial charge in [0.15, 0.2) is 5.76 Å². The number of aliphatic imine (C=N–C) groups is 1. The molecule has 14 nitrogen and oxygen atoms in total. The van der Waals surface area contributed by atoms with Gasteiger partial charge in [0.2, 0.25) is 0 Å². The Morgan fingerprint density at radius 3 is 2.62 bits per heavy atom. The van der Waals surface area contributed by atoms with Gasteiger partial charge in [-0.2, -0.15) is 5.26 Å². The average molecular weight is 470 g/mol. The standard InChI is InChI=1S/C20H18N6O8/c1-3-14-16(18(27)32-10-4-9-21)17(15-11-22-24-34-15)25(19(23-14)31-2)20(28)33-13-7-5-12(6-8-13)26(29)30/h5-8,11,17H,3-4,10H2,1-2H3. The van der Waals surface area contributed by atoms with Crippen LogP contribution in [-0.4, -0.2) is 52.0 Å². The number of aromatic nitrogens is 2. The summed E-state index contributed by atoms with van der Waals surface area (Å²) in [6.07, 6.45) is 0.394. The molecule has 1 unspecified atom stereocenters. The molecule has 0 bridgehead atoms. The Bertz CT molecular complexity index is 1170. The summed E-state index contributed by atoms with van der Waals surface area (Å²) in [6, 6.07) is 5.18. The second-order valence-electron chi connectivity index (χ2n) is 6.57. The van der Waals surface area contributed by atoms with E-state index in [1.54, 1.807) is 6.92 Å². The number of hydrogen-bond donors (Lipinski definition) is 0. The fourth-order valence-corrected chi connectivity index (χ4v) is 3.07. The highest BCUT2D eigenvalue weighted by atomic mass is 16.6. The number of nitro benzene ring substituents is 1. The van der Waals surface area contributed by atoms with Crippen LogP contribution in [0.1, 0.15) is 31.6 Å². The third-order valence-electron chi connectivity index (χ3n) is 4.56. The zero-order valence-corrected chi connectivity index (χ0v) is 18.0. The maximum atomic E-state index is 13.2. The van der Waals surface area contributed by atoms with E-state index < -0.39 is 23.0 Å². The van der Waals surface area contributed by atoms with Gasteiger partial charge in [-0.25, -0.2) is 19.5 Å². The van der Waals surface area contributed by atoms with Gasteiger partial charge in [0, 0.05) is 17.4 Å². The number of nitro groups is 1. The highest BCUT2D eigenvalue weighted by Crippen LogP contribution is 2.37. The first-order valence-corrected chi connectivity index (χ1v) is 9.83. The summed E-state index contributed by atoms with van der Waals surface area (Å²) in [5.41, 5.74) is 0.000444. The summed E-state index contributed by atoms with van der Waals surface area (Å²) in [7, 11) is 1.27. The molecule has 0 aliphatic carbocycles. The van der Waals surface area contributed by atoms with E-state index in [4.69, 9.17) is 24.0 Å². The molecule has 0 fully saturated rings. The summed E-state index contributed by atoms with van der Waals surface area (Å²) in [5.74, 6) is -0.854. The van der Waals surface area contributed by atoms with Crippen molar-refractivity contribution in [2.75, 3.05) is 13.7 Å². The number of methoxy groups -OCH3 is 1. The van der Waals surface area contributed by atoms with E-state index >= 15 is 0 Å². The molecule has 1 amide bonds. The third-order valence-corrected chi connectivity index (χ3v) is 4.56. The van der Waals surface area contributed by atoms with Crippen LogP contribution in [0.4, 0.5) is 10.5 Å². The molecule has 2 aromatic rings. The van der Waals surface area contributed by atoms with Gasteiger partial charge in [-0.15, -0.1) is 5.10 Å². The lowest BCUT2D eigenvalue weighted by molar-refractivity contribution is -0.384. The molecule has 1 aromatic heterocycles. The predicted molar refractivity (Wildman–Crippen MR) is 111 cm³/mol. The van der Waals surface area contributed by atoms with Gasteiger partial charge in [-0.05, 0) is 18.6 Å².